The molecule has 0 spiro atoms. The molecule has 1 saturated carbocycles. The van der Waals surface area contributed by atoms with Gasteiger partial charge >= 0.3 is 6.18 Å². The lowest BCUT2D eigenvalue weighted by molar-refractivity contribution is -0.189. The van der Waals surface area contributed by atoms with E-state index >= 15 is 0 Å². The molecule has 0 bridgehead atoms. The summed E-state index contributed by atoms with van der Waals surface area (Å²) in [5.74, 6) is -1.19. The fourth-order valence-corrected chi connectivity index (χ4v) is 2.78. The second-order valence-corrected chi connectivity index (χ2v) is 5.15. The standard InChI is InChI=1S/C13H20F3NO/c14-13(15,16)11-6-1-2-7-12(11)17-9-10-5-3-4-8-18-10/h4,8,10-12,17H,1-3,5-7,9H2/t10-,11+,12+/m0/s1. The number of allylic oxidation sites excluding steroid dienone is 1. The van der Waals surface area contributed by atoms with Crippen LogP contribution in [0.2, 0.25) is 0 Å². The van der Waals surface area contributed by atoms with Crippen LogP contribution in [0.25, 0.3) is 0 Å². The summed E-state index contributed by atoms with van der Waals surface area (Å²) in [6.45, 7) is 0.515. The Morgan fingerprint density at radius 3 is 2.61 bits per heavy atom. The molecule has 2 rings (SSSR count). The van der Waals surface area contributed by atoms with Crippen molar-refractivity contribution in [1.29, 1.82) is 0 Å². The van der Waals surface area contributed by atoms with Gasteiger partial charge in [-0.1, -0.05) is 12.8 Å². The molecule has 0 aromatic heterocycles. The quantitative estimate of drug-likeness (QED) is 0.842. The van der Waals surface area contributed by atoms with Crippen LogP contribution in [0.1, 0.15) is 38.5 Å². The van der Waals surface area contributed by atoms with Gasteiger partial charge in [-0.05, 0) is 31.8 Å². The number of hydrogen-bond donors (Lipinski definition) is 1. The normalized spacial score (nSPS) is 33.2. The Labute approximate surface area is 106 Å². The fourth-order valence-electron chi connectivity index (χ4n) is 2.78. The molecule has 0 aromatic rings. The molecule has 0 radical (unpaired) electrons. The highest BCUT2D eigenvalue weighted by molar-refractivity contribution is 4.88. The van der Waals surface area contributed by atoms with Crippen LogP contribution in [0.3, 0.4) is 0 Å². The molecule has 1 N–H and O–H groups in total. The summed E-state index contributed by atoms with van der Waals surface area (Å²) in [5.41, 5.74) is 0. The van der Waals surface area contributed by atoms with Gasteiger partial charge in [-0.3, -0.25) is 0 Å². The van der Waals surface area contributed by atoms with Crippen LogP contribution < -0.4 is 5.32 Å². The van der Waals surface area contributed by atoms with Gasteiger partial charge < -0.3 is 10.1 Å². The van der Waals surface area contributed by atoms with E-state index in [4.69, 9.17) is 4.74 Å². The first kappa shape index (κ1) is 13.7. The minimum absolute atomic E-state index is 0.0193. The van der Waals surface area contributed by atoms with Gasteiger partial charge in [0.1, 0.15) is 6.10 Å². The average molecular weight is 263 g/mol. The number of ether oxygens (including phenoxy) is 1. The van der Waals surface area contributed by atoms with E-state index in [1.54, 1.807) is 6.26 Å². The third-order valence-electron chi connectivity index (χ3n) is 3.82. The smallest absolute Gasteiger partial charge is 0.393 e. The van der Waals surface area contributed by atoms with Crippen molar-refractivity contribution < 1.29 is 17.9 Å². The molecule has 1 fully saturated rings. The number of rotatable bonds is 3. The molecule has 2 nitrogen and oxygen atoms in total. The second-order valence-electron chi connectivity index (χ2n) is 5.15. The molecule has 18 heavy (non-hydrogen) atoms. The van der Waals surface area contributed by atoms with Crippen LogP contribution in [0, 0.1) is 5.92 Å². The van der Waals surface area contributed by atoms with E-state index in [2.05, 4.69) is 5.32 Å². The van der Waals surface area contributed by atoms with Crippen LogP contribution in [-0.2, 0) is 4.74 Å². The van der Waals surface area contributed by atoms with Gasteiger partial charge in [-0.25, -0.2) is 0 Å². The Morgan fingerprint density at radius 2 is 1.94 bits per heavy atom. The first-order chi connectivity index (χ1) is 8.57. The predicted molar refractivity (Wildman–Crippen MR) is 63.1 cm³/mol. The molecule has 1 heterocycles. The highest BCUT2D eigenvalue weighted by atomic mass is 19.4. The maximum atomic E-state index is 12.9. The summed E-state index contributed by atoms with van der Waals surface area (Å²) in [5, 5.41) is 3.07. The fraction of sp³-hybridized carbons (Fsp3) is 0.846. The maximum Gasteiger partial charge on any atom is 0.393 e. The van der Waals surface area contributed by atoms with Crippen molar-refractivity contribution in [3.8, 4) is 0 Å². The zero-order valence-electron chi connectivity index (χ0n) is 10.4. The highest BCUT2D eigenvalue weighted by Crippen LogP contribution is 2.37. The van der Waals surface area contributed by atoms with Gasteiger partial charge in [0.05, 0.1) is 12.2 Å². The molecule has 0 saturated heterocycles. The Hall–Kier alpha value is -0.710. The second kappa shape index (κ2) is 5.95. The lowest BCUT2D eigenvalue weighted by Gasteiger charge is -2.34. The molecule has 1 aliphatic heterocycles. The SMILES string of the molecule is FC(F)(F)[C@@H]1CCCC[C@H]1NC[C@@H]1CCC=CO1. The van der Waals surface area contributed by atoms with E-state index < -0.39 is 18.1 Å². The lowest BCUT2D eigenvalue weighted by Crippen LogP contribution is -2.47. The van der Waals surface area contributed by atoms with Crippen molar-refractivity contribution in [3.05, 3.63) is 12.3 Å². The molecular weight excluding hydrogens is 243 g/mol. The monoisotopic (exact) mass is 263 g/mol. The Kier molecular flexibility index (Phi) is 4.54. The molecule has 1 aliphatic carbocycles. The number of hydrogen-bond acceptors (Lipinski definition) is 2. The summed E-state index contributed by atoms with van der Waals surface area (Å²) in [4.78, 5) is 0. The van der Waals surface area contributed by atoms with Crippen molar-refractivity contribution in [2.75, 3.05) is 6.54 Å². The molecule has 0 amide bonds. The molecule has 5 heteroatoms. The average Bonchev–Trinajstić information content (AvgIpc) is 2.37. The van der Waals surface area contributed by atoms with Gasteiger partial charge in [0, 0.05) is 12.6 Å². The van der Waals surface area contributed by atoms with Crippen LogP contribution in [0.4, 0.5) is 13.2 Å². The molecule has 0 unspecified atom stereocenters. The number of alkyl halides is 3. The zero-order valence-corrected chi connectivity index (χ0v) is 10.4. The van der Waals surface area contributed by atoms with E-state index in [-0.39, 0.29) is 12.5 Å². The van der Waals surface area contributed by atoms with Gasteiger partial charge in [-0.15, -0.1) is 0 Å². The van der Waals surface area contributed by atoms with Crippen LogP contribution >= 0.6 is 0 Å². The summed E-state index contributed by atoms with van der Waals surface area (Å²) in [7, 11) is 0. The zero-order chi connectivity index (χ0) is 13.0. The number of halogens is 3. The summed E-state index contributed by atoms with van der Waals surface area (Å²) in [6, 6.07) is -0.437. The van der Waals surface area contributed by atoms with Crippen molar-refractivity contribution in [3.63, 3.8) is 0 Å². The molecular formula is C13H20F3NO. The lowest BCUT2D eigenvalue weighted by atomic mass is 9.84. The van der Waals surface area contributed by atoms with E-state index in [0.717, 1.165) is 19.3 Å². The van der Waals surface area contributed by atoms with Gasteiger partial charge in [-0.2, -0.15) is 13.2 Å². The molecule has 104 valence electrons. The molecule has 2 aliphatic rings. The Morgan fingerprint density at radius 1 is 1.17 bits per heavy atom. The predicted octanol–water partition coefficient (Wildman–Crippen LogP) is 3.39. The van der Waals surface area contributed by atoms with Crippen molar-refractivity contribution in [2.45, 2.75) is 56.8 Å². The minimum Gasteiger partial charge on any atom is -0.497 e. The van der Waals surface area contributed by atoms with E-state index in [1.807, 2.05) is 6.08 Å². The molecule has 3 atom stereocenters. The summed E-state index contributed by atoms with van der Waals surface area (Å²) in [6.07, 6.45) is 3.80. The first-order valence-corrected chi connectivity index (χ1v) is 6.68. The van der Waals surface area contributed by atoms with Crippen molar-refractivity contribution in [1.82, 2.24) is 5.32 Å². The molecule has 0 aromatic carbocycles. The minimum atomic E-state index is -4.08. The van der Waals surface area contributed by atoms with Crippen LogP contribution in [0.5, 0.6) is 0 Å². The van der Waals surface area contributed by atoms with E-state index in [9.17, 15) is 13.2 Å². The van der Waals surface area contributed by atoms with E-state index in [1.165, 1.54) is 0 Å². The van der Waals surface area contributed by atoms with E-state index in [0.29, 0.717) is 19.4 Å². The summed E-state index contributed by atoms with van der Waals surface area (Å²) >= 11 is 0. The van der Waals surface area contributed by atoms with Crippen molar-refractivity contribution >= 4 is 0 Å². The first-order valence-electron chi connectivity index (χ1n) is 6.68. The Bertz CT molecular complexity index is 290. The third-order valence-corrected chi connectivity index (χ3v) is 3.82. The topological polar surface area (TPSA) is 21.3 Å². The van der Waals surface area contributed by atoms with Crippen molar-refractivity contribution in [2.24, 2.45) is 5.92 Å². The maximum absolute atomic E-state index is 12.9. The Balaban J connectivity index is 1.83. The van der Waals surface area contributed by atoms with Crippen LogP contribution in [0.15, 0.2) is 12.3 Å². The number of nitrogens with one attached hydrogen (secondary N) is 1. The van der Waals surface area contributed by atoms with Gasteiger partial charge in [0.15, 0.2) is 0 Å². The largest absolute Gasteiger partial charge is 0.497 e. The highest BCUT2D eigenvalue weighted by Gasteiger charge is 2.45. The van der Waals surface area contributed by atoms with Gasteiger partial charge in [0.2, 0.25) is 0 Å². The third kappa shape index (κ3) is 3.64. The van der Waals surface area contributed by atoms with Crippen LogP contribution in [-0.4, -0.2) is 24.9 Å². The summed E-state index contributed by atoms with van der Waals surface area (Å²) < 4.78 is 44.0. The van der Waals surface area contributed by atoms with Gasteiger partial charge in [0.25, 0.3) is 0 Å².